The zero-order chi connectivity index (χ0) is 15.3. The molecule has 2 rings (SSSR count). The molecule has 1 aromatic carbocycles. The second kappa shape index (κ2) is 6.69. The van der Waals surface area contributed by atoms with Gasteiger partial charge in [0.15, 0.2) is 9.84 Å². The first-order valence-electron chi connectivity index (χ1n) is 6.47. The van der Waals surface area contributed by atoms with Gasteiger partial charge in [0.2, 0.25) is 5.88 Å². The molecule has 0 saturated carbocycles. The van der Waals surface area contributed by atoms with Crippen molar-refractivity contribution in [3.8, 4) is 5.88 Å². The fraction of sp³-hybridized carbons (Fsp3) is 0.267. The molecule has 0 fully saturated rings. The lowest BCUT2D eigenvalue weighted by atomic mass is 10.2. The fourth-order valence-corrected chi connectivity index (χ4v) is 2.47. The summed E-state index contributed by atoms with van der Waals surface area (Å²) in [6, 6.07) is 10.7. The molecular formula is C15H18N2O3S. The number of nitrogens with one attached hydrogen (secondary N) is 1. The Kier molecular flexibility index (Phi) is 4.93. The molecule has 1 N–H and O–H groups in total. The summed E-state index contributed by atoms with van der Waals surface area (Å²) in [5, 5.41) is 3.28. The zero-order valence-electron chi connectivity index (χ0n) is 12.0. The Morgan fingerprint density at radius 2 is 1.67 bits per heavy atom. The largest absolute Gasteiger partial charge is 0.481 e. The van der Waals surface area contributed by atoms with Gasteiger partial charge in [0.05, 0.1) is 12.0 Å². The van der Waals surface area contributed by atoms with Gasteiger partial charge in [-0.2, -0.15) is 0 Å². The summed E-state index contributed by atoms with van der Waals surface area (Å²) in [5.74, 6) is 0.593. The van der Waals surface area contributed by atoms with Crippen LogP contribution in [-0.4, -0.2) is 26.8 Å². The summed E-state index contributed by atoms with van der Waals surface area (Å²) in [5.41, 5.74) is 2.09. The Morgan fingerprint density at radius 3 is 2.19 bits per heavy atom. The molecule has 0 aliphatic heterocycles. The molecule has 1 aromatic heterocycles. The van der Waals surface area contributed by atoms with Crippen molar-refractivity contribution in [2.75, 3.05) is 13.4 Å². The SMILES string of the molecule is COc1ccc(CNCc2ccc(S(C)(=O)=O)cc2)cn1. The molecule has 2 aromatic rings. The first-order chi connectivity index (χ1) is 9.99. The van der Waals surface area contributed by atoms with Gasteiger partial charge in [-0.1, -0.05) is 18.2 Å². The maximum atomic E-state index is 11.4. The number of sulfone groups is 1. The van der Waals surface area contributed by atoms with Crippen molar-refractivity contribution in [3.63, 3.8) is 0 Å². The minimum atomic E-state index is -3.13. The van der Waals surface area contributed by atoms with E-state index >= 15 is 0 Å². The Morgan fingerprint density at radius 1 is 1.05 bits per heavy atom. The van der Waals surface area contributed by atoms with E-state index in [1.165, 1.54) is 6.26 Å². The number of rotatable bonds is 6. The van der Waals surface area contributed by atoms with E-state index in [9.17, 15) is 8.42 Å². The van der Waals surface area contributed by atoms with Crippen molar-refractivity contribution in [1.29, 1.82) is 0 Å². The highest BCUT2D eigenvalue weighted by molar-refractivity contribution is 7.90. The lowest BCUT2D eigenvalue weighted by Crippen LogP contribution is -2.13. The number of hydrogen-bond acceptors (Lipinski definition) is 5. The number of methoxy groups -OCH3 is 1. The van der Waals surface area contributed by atoms with E-state index in [2.05, 4.69) is 10.3 Å². The molecule has 0 unspecified atom stereocenters. The van der Waals surface area contributed by atoms with Crippen LogP contribution in [0.15, 0.2) is 47.5 Å². The van der Waals surface area contributed by atoms with E-state index < -0.39 is 9.84 Å². The van der Waals surface area contributed by atoms with Gasteiger partial charge in [-0.3, -0.25) is 0 Å². The van der Waals surface area contributed by atoms with Crippen LogP contribution >= 0.6 is 0 Å². The van der Waals surface area contributed by atoms with Gasteiger partial charge in [-0.15, -0.1) is 0 Å². The minimum Gasteiger partial charge on any atom is -0.481 e. The number of benzene rings is 1. The molecule has 0 aliphatic rings. The number of nitrogens with zero attached hydrogens (tertiary/aromatic N) is 1. The van der Waals surface area contributed by atoms with Crippen LogP contribution in [0.1, 0.15) is 11.1 Å². The molecular weight excluding hydrogens is 288 g/mol. The molecule has 0 aliphatic carbocycles. The van der Waals surface area contributed by atoms with Gasteiger partial charge < -0.3 is 10.1 Å². The predicted molar refractivity (Wildman–Crippen MR) is 80.9 cm³/mol. The molecule has 21 heavy (non-hydrogen) atoms. The molecule has 0 saturated heterocycles. The van der Waals surface area contributed by atoms with Crippen molar-refractivity contribution < 1.29 is 13.2 Å². The molecule has 5 nitrogen and oxygen atoms in total. The maximum Gasteiger partial charge on any atom is 0.212 e. The average molecular weight is 306 g/mol. The van der Waals surface area contributed by atoms with E-state index in [0.29, 0.717) is 23.9 Å². The van der Waals surface area contributed by atoms with Crippen molar-refractivity contribution in [3.05, 3.63) is 53.7 Å². The molecule has 0 atom stereocenters. The van der Waals surface area contributed by atoms with Crippen LogP contribution in [0, 0.1) is 0 Å². The molecule has 1 heterocycles. The number of hydrogen-bond donors (Lipinski definition) is 1. The van der Waals surface area contributed by atoms with Gasteiger partial charge in [-0.25, -0.2) is 13.4 Å². The van der Waals surface area contributed by atoms with Crippen LogP contribution in [0.2, 0.25) is 0 Å². The predicted octanol–water partition coefficient (Wildman–Crippen LogP) is 1.78. The number of pyridine rings is 1. The maximum absolute atomic E-state index is 11.4. The molecule has 0 radical (unpaired) electrons. The van der Waals surface area contributed by atoms with Gasteiger partial charge in [0.1, 0.15) is 0 Å². The van der Waals surface area contributed by atoms with E-state index in [4.69, 9.17) is 4.74 Å². The van der Waals surface area contributed by atoms with Crippen LogP contribution in [0.3, 0.4) is 0 Å². The average Bonchev–Trinajstić information content (AvgIpc) is 2.47. The fourth-order valence-electron chi connectivity index (χ4n) is 1.84. The second-order valence-corrected chi connectivity index (χ2v) is 6.74. The van der Waals surface area contributed by atoms with Crippen LogP contribution in [0.5, 0.6) is 5.88 Å². The van der Waals surface area contributed by atoms with Gasteiger partial charge >= 0.3 is 0 Å². The quantitative estimate of drug-likeness (QED) is 0.881. The monoisotopic (exact) mass is 306 g/mol. The topological polar surface area (TPSA) is 68.3 Å². The summed E-state index contributed by atoms with van der Waals surface area (Å²) in [7, 11) is -1.55. The van der Waals surface area contributed by atoms with Crippen molar-refractivity contribution in [2.24, 2.45) is 0 Å². The number of ether oxygens (including phenoxy) is 1. The van der Waals surface area contributed by atoms with Crippen molar-refractivity contribution >= 4 is 9.84 Å². The summed E-state index contributed by atoms with van der Waals surface area (Å²) in [6.45, 7) is 1.35. The Balaban J connectivity index is 1.88. The summed E-state index contributed by atoms with van der Waals surface area (Å²) >= 11 is 0. The third kappa shape index (κ3) is 4.54. The summed E-state index contributed by atoms with van der Waals surface area (Å²) in [4.78, 5) is 4.47. The van der Waals surface area contributed by atoms with E-state index in [-0.39, 0.29) is 0 Å². The smallest absolute Gasteiger partial charge is 0.212 e. The van der Waals surface area contributed by atoms with Crippen LogP contribution in [0.25, 0.3) is 0 Å². The van der Waals surface area contributed by atoms with E-state index in [0.717, 1.165) is 11.1 Å². The van der Waals surface area contributed by atoms with Crippen LogP contribution < -0.4 is 10.1 Å². The lowest BCUT2D eigenvalue weighted by Gasteiger charge is -2.06. The third-order valence-corrected chi connectivity index (χ3v) is 4.14. The van der Waals surface area contributed by atoms with Gasteiger partial charge in [-0.05, 0) is 23.3 Å². The molecule has 0 amide bonds. The van der Waals surface area contributed by atoms with E-state index in [1.807, 2.05) is 24.3 Å². The lowest BCUT2D eigenvalue weighted by molar-refractivity contribution is 0.397. The standard InChI is InChI=1S/C15H18N2O3S/c1-20-15-8-5-13(11-17-15)10-16-9-12-3-6-14(7-4-12)21(2,18)19/h3-8,11,16H,9-10H2,1-2H3. The zero-order valence-corrected chi connectivity index (χ0v) is 12.9. The van der Waals surface area contributed by atoms with Crippen molar-refractivity contribution in [1.82, 2.24) is 10.3 Å². The minimum absolute atomic E-state index is 0.339. The summed E-state index contributed by atoms with van der Waals surface area (Å²) < 4.78 is 27.7. The Bertz CT molecular complexity index is 680. The third-order valence-electron chi connectivity index (χ3n) is 3.02. The highest BCUT2D eigenvalue weighted by Gasteiger charge is 2.05. The first kappa shape index (κ1) is 15.5. The van der Waals surface area contributed by atoms with Gasteiger partial charge in [0.25, 0.3) is 0 Å². The summed E-state index contributed by atoms with van der Waals surface area (Å²) in [6.07, 6.45) is 2.97. The van der Waals surface area contributed by atoms with Crippen LogP contribution in [0.4, 0.5) is 0 Å². The van der Waals surface area contributed by atoms with E-state index in [1.54, 1.807) is 25.4 Å². The molecule has 112 valence electrons. The highest BCUT2D eigenvalue weighted by atomic mass is 32.2. The normalized spacial score (nSPS) is 11.3. The number of aromatic nitrogens is 1. The Labute approximate surface area is 124 Å². The Hall–Kier alpha value is -1.92. The van der Waals surface area contributed by atoms with Gasteiger partial charge in [0, 0.05) is 31.6 Å². The second-order valence-electron chi connectivity index (χ2n) is 4.73. The first-order valence-corrected chi connectivity index (χ1v) is 8.37. The van der Waals surface area contributed by atoms with Crippen LogP contribution in [-0.2, 0) is 22.9 Å². The highest BCUT2D eigenvalue weighted by Crippen LogP contribution is 2.11. The molecule has 6 heteroatoms. The molecule has 0 spiro atoms. The van der Waals surface area contributed by atoms with Crippen molar-refractivity contribution in [2.45, 2.75) is 18.0 Å². The molecule has 0 bridgehead atoms.